The Hall–Kier alpha value is -1.55. The fourth-order valence-electron chi connectivity index (χ4n) is 2.34. The van der Waals surface area contributed by atoms with Crippen LogP contribution in [0, 0.1) is 18.3 Å². The molecule has 1 aromatic rings. The average Bonchev–Trinajstić information content (AvgIpc) is 2.77. The molecule has 17 heavy (non-hydrogen) atoms. The minimum absolute atomic E-state index is 0.108. The second-order valence-corrected chi connectivity index (χ2v) is 4.72. The van der Waals surface area contributed by atoms with E-state index in [1.165, 1.54) is 0 Å². The molecule has 0 radical (unpaired) electrons. The van der Waals surface area contributed by atoms with E-state index < -0.39 is 0 Å². The molecule has 4 heteroatoms. The largest absolute Gasteiger partial charge is 0.396 e. The van der Waals surface area contributed by atoms with Gasteiger partial charge < -0.3 is 15.7 Å². The van der Waals surface area contributed by atoms with Gasteiger partial charge in [-0.3, -0.25) is 5.41 Å². The number of nitrogen functional groups attached to an aromatic ring is 1. The summed E-state index contributed by atoms with van der Waals surface area (Å²) in [6.07, 6.45) is 1.00. The molecule has 1 heterocycles. The number of benzene rings is 1. The summed E-state index contributed by atoms with van der Waals surface area (Å²) in [5.74, 6) is 0.451. The summed E-state index contributed by atoms with van der Waals surface area (Å²) in [6.45, 7) is 4.00. The molecule has 2 rings (SSSR count). The van der Waals surface area contributed by atoms with Gasteiger partial charge in [0.25, 0.3) is 0 Å². The van der Waals surface area contributed by atoms with Gasteiger partial charge in [-0.2, -0.15) is 0 Å². The van der Waals surface area contributed by atoms with Crippen LogP contribution in [0.2, 0.25) is 0 Å². The van der Waals surface area contributed by atoms with Gasteiger partial charge in [0.1, 0.15) is 5.84 Å². The normalized spacial score (nSPS) is 19.6. The fraction of sp³-hybridized carbons (Fsp3) is 0.462. The van der Waals surface area contributed by atoms with Gasteiger partial charge in [0.15, 0.2) is 0 Å². The number of nitrogens with zero attached hydrogens (tertiary/aromatic N) is 1. The van der Waals surface area contributed by atoms with Crippen LogP contribution in [0.1, 0.15) is 17.5 Å². The lowest BCUT2D eigenvalue weighted by atomic mass is 10.1. The highest BCUT2D eigenvalue weighted by molar-refractivity contribution is 6.00. The van der Waals surface area contributed by atoms with Crippen molar-refractivity contribution in [2.24, 2.45) is 11.7 Å². The van der Waals surface area contributed by atoms with Crippen LogP contribution >= 0.6 is 0 Å². The molecule has 1 aromatic carbocycles. The van der Waals surface area contributed by atoms with Gasteiger partial charge in [0, 0.05) is 36.9 Å². The van der Waals surface area contributed by atoms with Gasteiger partial charge in [0.2, 0.25) is 0 Å². The Morgan fingerprint density at radius 3 is 2.94 bits per heavy atom. The van der Waals surface area contributed by atoms with E-state index in [4.69, 9.17) is 16.2 Å². The fourth-order valence-corrected chi connectivity index (χ4v) is 2.34. The van der Waals surface area contributed by atoms with Crippen LogP contribution in [0.15, 0.2) is 18.2 Å². The zero-order valence-corrected chi connectivity index (χ0v) is 10.1. The Morgan fingerprint density at radius 1 is 1.59 bits per heavy atom. The number of hydrogen-bond donors (Lipinski definition) is 3. The predicted molar refractivity (Wildman–Crippen MR) is 69.6 cm³/mol. The van der Waals surface area contributed by atoms with E-state index in [1.54, 1.807) is 0 Å². The SMILES string of the molecule is Cc1ccc(N2CCC(CO)C2)c(C(=N)N)c1. The second kappa shape index (κ2) is 4.75. The van der Waals surface area contributed by atoms with Crippen LogP contribution in [0.3, 0.4) is 0 Å². The second-order valence-electron chi connectivity index (χ2n) is 4.72. The first kappa shape index (κ1) is 11.9. The molecule has 0 bridgehead atoms. The van der Waals surface area contributed by atoms with Crippen molar-refractivity contribution in [1.82, 2.24) is 0 Å². The topological polar surface area (TPSA) is 73.3 Å². The molecular formula is C13H19N3O. The third kappa shape index (κ3) is 2.42. The van der Waals surface area contributed by atoms with Crippen LogP contribution in [0.25, 0.3) is 0 Å². The predicted octanol–water partition coefficient (Wildman–Crippen LogP) is 1.10. The molecule has 1 fully saturated rings. The molecular weight excluding hydrogens is 214 g/mol. The summed E-state index contributed by atoms with van der Waals surface area (Å²) in [5, 5.41) is 16.8. The van der Waals surface area contributed by atoms with Crippen LogP contribution in [0.5, 0.6) is 0 Å². The summed E-state index contributed by atoms with van der Waals surface area (Å²) in [5.41, 5.74) is 8.54. The van der Waals surface area contributed by atoms with Crippen molar-refractivity contribution >= 4 is 11.5 Å². The van der Waals surface area contributed by atoms with Crippen molar-refractivity contribution in [3.63, 3.8) is 0 Å². The quantitative estimate of drug-likeness (QED) is 0.540. The zero-order valence-electron chi connectivity index (χ0n) is 10.1. The van der Waals surface area contributed by atoms with Gasteiger partial charge >= 0.3 is 0 Å². The molecule has 0 aliphatic carbocycles. The summed E-state index contributed by atoms with van der Waals surface area (Å²) < 4.78 is 0. The van der Waals surface area contributed by atoms with Crippen molar-refractivity contribution in [3.8, 4) is 0 Å². The first-order valence-electron chi connectivity index (χ1n) is 5.92. The number of aryl methyl sites for hydroxylation is 1. The third-order valence-electron chi connectivity index (χ3n) is 3.33. The van der Waals surface area contributed by atoms with Crippen LogP contribution in [0.4, 0.5) is 5.69 Å². The molecule has 1 unspecified atom stereocenters. The van der Waals surface area contributed by atoms with Gasteiger partial charge in [0.05, 0.1) is 0 Å². The van der Waals surface area contributed by atoms with E-state index in [1.807, 2.05) is 25.1 Å². The Bertz CT molecular complexity index is 431. The maximum absolute atomic E-state index is 9.16. The van der Waals surface area contributed by atoms with Crippen molar-refractivity contribution in [3.05, 3.63) is 29.3 Å². The minimum Gasteiger partial charge on any atom is -0.396 e. The number of anilines is 1. The first-order chi connectivity index (χ1) is 8.11. The zero-order chi connectivity index (χ0) is 12.4. The monoisotopic (exact) mass is 233 g/mol. The summed E-state index contributed by atoms with van der Waals surface area (Å²) in [6, 6.07) is 6.00. The van der Waals surface area contributed by atoms with E-state index >= 15 is 0 Å². The Kier molecular flexibility index (Phi) is 3.33. The Labute approximate surface area is 102 Å². The highest BCUT2D eigenvalue weighted by Gasteiger charge is 2.24. The molecule has 4 N–H and O–H groups in total. The molecule has 1 atom stereocenters. The van der Waals surface area contributed by atoms with Gasteiger partial charge in [-0.05, 0) is 25.5 Å². The number of nitrogens with two attached hydrogens (primary N) is 1. The first-order valence-corrected chi connectivity index (χ1v) is 5.92. The lowest BCUT2D eigenvalue weighted by molar-refractivity contribution is 0.238. The number of aliphatic hydroxyl groups is 1. The van der Waals surface area contributed by atoms with Crippen molar-refractivity contribution in [1.29, 1.82) is 5.41 Å². The number of amidine groups is 1. The van der Waals surface area contributed by atoms with Crippen LogP contribution < -0.4 is 10.6 Å². The summed E-state index contributed by atoms with van der Waals surface area (Å²) >= 11 is 0. The number of rotatable bonds is 3. The molecule has 1 aliphatic heterocycles. The summed E-state index contributed by atoms with van der Waals surface area (Å²) in [7, 11) is 0. The van der Waals surface area contributed by atoms with Crippen LogP contribution in [-0.2, 0) is 0 Å². The minimum atomic E-state index is 0.108. The van der Waals surface area contributed by atoms with E-state index in [2.05, 4.69) is 4.90 Å². The standard InChI is InChI=1S/C13H19N3O/c1-9-2-3-12(11(6-9)13(14)15)16-5-4-10(7-16)8-17/h2-3,6,10,17H,4-5,7-8H2,1H3,(H3,14,15). The van der Waals surface area contributed by atoms with E-state index in [-0.39, 0.29) is 12.4 Å². The lowest BCUT2D eigenvalue weighted by Gasteiger charge is -2.22. The van der Waals surface area contributed by atoms with Crippen LogP contribution in [-0.4, -0.2) is 30.6 Å². The van der Waals surface area contributed by atoms with E-state index in [0.29, 0.717) is 5.92 Å². The Balaban J connectivity index is 2.29. The van der Waals surface area contributed by atoms with Crippen molar-refractivity contribution < 1.29 is 5.11 Å². The van der Waals surface area contributed by atoms with Crippen molar-refractivity contribution in [2.75, 3.05) is 24.6 Å². The van der Waals surface area contributed by atoms with E-state index in [0.717, 1.165) is 36.3 Å². The van der Waals surface area contributed by atoms with Gasteiger partial charge in [-0.25, -0.2) is 0 Å². The van der Waals surface area contributed by atoms with Gasteiger partial charge in [-0.15, -0.1) is 0 Å². The number of nitrogens with one attached hydrogen (secondary N) is 1. The maximum Gasteiger partial charge on any atom is 0.124 e. The van der Waals surface area contributed by atoms with E-state index in [9.17, 15) is 0 Å². The molecule has 0 amide bonds. The summed E-state index contributed by atoms with van der Waals surface area (Å²) in [4.78, 5) is 2.21. The lowest BCUT2D eigenvalue weighted by Crippen LogP contribution is -2.24. The third-order valence-corrected chi connectivity index (χ3v) is 3.33. The maximum atomic E-state index is 9.16. The average molecular weight is 233 g/mol. The molecule has 1 aliphatic rings. The molecule has 1 saturated heterocycles. The smallest absolute Gasteiger partial charge is 0.124 e. The highest BCUT2D eigenvalue weighted by atomic mass is 16.3. The molecule has 0 saturated carbocycles. The molecule has 0 spiro atoms. The number of hydrogen-bond acceptors (Lipinski definition) is 3. The van der Waals surface area contributed by atoms with Gasteiger partial charge in [-0.1, -0.05) is 11.6 Å². The molecule has 92 valence electrons. The Morgan fingerprint density at radius 2 is 2.35 bits per heavy atom. The van der Waals surface area contributed by atoms with Crippen molar-refractivity contribution in [2.45, 2.75) is 13.3 Å². The number of aliphatic hydroxyl groups excluding tert-OH is 1. The highest BCUT2D eigenvalue weighted by Crippen LogP contribution is 2.27. The molecule has 4 nitrogen and oxygen atoms in total. The molecule has 0 aromatic heterocycles.